The maximum atomic E-state index is 13.9. The van der Waals surface area contributed by atoms with Gasteiger partial charge in [0, 0.05) is 22.5 Å². The first-order valence-corrected chi connectivity index (χ1v) is 7.52. The van der Waals surface area contributed by atoms with E-state index in [0.717, 1.165) is 26.7 Å². The highest BCUT2D eigenvalue weighted by Gasteiger charge is 2.14. The van der Waals surface area contributed by atoms with E-state index in [2.05, 4.69) is 4.98 Å². The molecule has 0 bridgehead atoms. The Balaban J connectivity index is 2.03. The molecule has 0 fully saturated rings. The van der Waals surface area contributed by atoms with Gasteiger partial charge in [-0.15, -0.1) is 11.3 Å². The Hall–Kier alpha value is -2.04. The summed E-state index contributed by atoms with van der Waals surface area (Å²) in [5, 5.41) is 0.898. The third-order valence-electron chi connectivity index (χ3n) is 3.36. The van der Waals surface area contributed by atoms with E-state index in [1.54, 1.807) is 23.5 Å². The number of rotatable bonds is 3. The van der Waals surface area contributed by atoms with Crippen molar-refractivity contribution in [3.05, 3.63) is 64.8 Å². The average molecular weight is 298 g/mol. The number of hydrogen-bond donors (Lipinski definition) is 1. The van der Waals surface area contributed by atoms with Crippen LogP contribution in [0.4, 0.5) is 4.39 Å². The molecule has 1 aromatic heterocycles. The Bertz CT molecular complexity index is 763. The van der Waals surface area contributed by atoms with Crippen molar-refractivity contribution in [1.29, 1.82) is 0 Å². The molecular weight excluding hydrogens is 283 g/mol. The molecule has 3 rings (SSSR count). The number of aromatic nitrogens is 1. The summed E-state index contributed by atoms with van der Waals surface area (Å²) in [4.78, 5) is 5.63. The van der Waals surface area contributed by atoms with E-state index in [4.69, 9.17) is 5.73 Å². The van der Waals surface area contributed by atoms with E-state index < -0.39 is 0 Å². The Kier molecular flexibility index (Phi) is 3.82. The van der Waals surface area contributed by atoms with Gasteiger partial charge in [0.15, 0.2) is 0 Å². The summed E-state index contributed by atoms with van der Waals surface area (Å²) in [6.07, 6.45) is 0. The maximum Gasteiger partial charge on any atom is 0.132 e. The van der Waals surface area contributed by atoms with Gasteiger partial charge in [0.2, 0.25) is 0 Å². The minimum Gasteiger partial charge on any atom is -0.326 e. The van der Waals surface area contributed by atoms with Gasteiger partial charge in [0.05, 0.1) is 5.69 Å². The molecule has 2 aromatic carbocycles. The molecule has 0 atom stereocenters. The fourth-order valence-corrected chi connectivity index (χ4v) is 3.14. The van der Waals surface area contributed by atoms with Crippen LogP contribution in [0.2, 0.25) is 0 Å². The van der Waals surface area contributed by atoms with Crippen LogP contribution in [0.1, 0.15) is 10.4 Å². The zero-order chi connectivity index (χ0) is 14.8. The number of benzene rings is 2. The second-order valence-electron chi connectivity index (χ2n) is 4.80. The largest absolute Gasteiger partial charge is 0.326 e. The van der Waals surface area contributed by atoms with Crippen molar-refractivity contribution in [2.24, 2.45) is 5.73 Å². The molecule has 0 aliphatic rings. The average Bonchev–Trinajstić information content (AvgIpc) is 2.90. The molecule has 0 aliphatic heterocycles. The van der Waals surface area contributed by atoms with E-state index in [0.29, 0.717) is 12.1 Å². The van der Waals surface area contributed by atoms with Crippen LogP contribution in [-0.4, -0.2) is 4.98 Å². The minimum atomic E-state index is -0.240. The van der Waals surface area contributed by atoms with Crippen LogP contribution < -0.4 is 5.73 Å². The summed E-state index contributed by atoms with van der Waals surface area (Å²) in [7, 11) is 0. The van der Waals surface area contributed by atoms with E-state index in [1.165, 1.54) is 6.07 Å². The summed E-state index contributed by atoms with van der Waals surface area (Å²) in [6.45, 7) is 2.49. The second-order valence-corrected chi connectivity index (χ2v) is 6.01. The third kappa shape index (κ3) is 2.73. The zero-order valence-electron chi connectivity index (χ0n) is 11.6. The van der Waals surface area contributed by atoms with Gasteiger partial charge in [0.1, 0.15) is 10.8 Å². The lowest BCUT2D eigenvalue weighted by Gasteiger charge is -2.00. The Morgan fingerprint density at radius 3 is 2.48 bits per heavy atom. The van der Waals surface area contributed by atoms with E-state index in [1.807, 2.05) is 37.3 Å². The monoisotopic (exact) mass is 298 g/mol. The van der Waals surface area contributed by atoms with Gasteiger partial charge in [-0.1, -0.05) is 36.4 Å². The quantitative estimate of drug-likeness (QED) is 0.779. The molecule has 1 heterocycles. The fraction of sp³-hybridized carbons (Fsp3) is 0.118. The van der Waals surface area contributed by atoms with Crippen LogP contribution in [0.25, 0.3) is 21.8 Å². The van der Waals surface area contributed by atoms with Crippen molar-refractivity contribution in [3.63, 3.8) is 0 Å². The molecule has 106 valence electrons. The van der Waals surface area contributed by atoms with Gasteiger partial charge in [-0.25, -0.2) is 9.37 Å². The van der Waals surface area contributed by atoms with Crippen molar-refractivity contribution >= 4 is 11.3 Å². The molecule has 0 saturated carbocycles. The summed E-state index contributed by atoms with van der Waals surface area (Å²) < 4.78 is 13.9. The first-order chi connectivity index (χ1) is 10.2. The number of thiazole rings is 1. The number of nitrogens with zero attached hydrogens (tertiary/aromatic N) is 1. The van der Waals surface area contributed by atoms with E-state index in [9.17, 15) is 4.39 Å². The lowest BCUT2D eigenvalue weighted by atomic mass is 10.1. The van der Waals surface area contributed by atoms with Gasteiger partial charge in [-0.2, -0.15) is 0 Å². The molecule has 2 N–H and O–H groups in total. The number of nitrogens with two attached hydrogens (primary N) is 1. The van der Waals surface area contributed by atoms with Crippen LogP contribution in [0.15, 0.2) is 48.5 Å². The van der Waals surface area contributed by atoms with Crippen molar-refractivity contribution in [1.82, 2.24) is 4.98 Å². The predicted molar refractivity (Wildman–Crippen MR) is 85.6 cm³/mol. The van der Waals surface area contributed by atoms with Crippen molar-refractivity contribution in [2.75, 3.05) is 0 Å². The second kappa shape index (κ2) is 5.76. The molecule has 3 aromatic rings. The van der Waals surface area contributed by atoms with Crippen LogP contribution in [0.3, 0.4) is 0 Å². The highest BCUT2D eigenvalue weighted by atomic mass is 32.1. The fourth-order valence-electron chi connectivity index (χ4n) is 2.21. The maximum absolute atomic E-state index is 13.9. The van der Waals surface area contributed by atoms with Crippen molar-refractivity contribution in [3.8, 4) is 21.8 Å². The predicted octanol–water partition coefficient (Wildman–Crippen LogP) is 4.38. The van der Waals surface area contributed by atoms with Crippen LogP contribution in [-0.2, 0) is 6.54 Å². The molecule has 0 radical (unpaired) electrons. The van der Waals surface area contributed by atoms with Crippen molar-refractivity contribution in [2.45, 2.75) is 13.5 Å². The lowest BCUT2D eigenvalue weighted by Crippen LogP contribution is -1.95. The van der Waals surface area contributed by atoms with Gasteiger partial charge < -0.3 is 5.73 Å². The third-order valence-corrected chi connectivity index (χ3v) is 4.38. The zero-order valence-corrected chi connectivity index (χ0v) is 12.5. The van der Waals surface area contributed by atoms with Crippen LogP contribution in [0, 0.1) is 12.7 Å². The van der Waals surface area contributed by atoms with Crippen molar-refractivity contribution < 1.29 is 4.39 Å². The number of halogens is 1. The number of aryl methyl sites for hydroxylation is 1. The Morgan fingerprint density at radius 2 is 1.81 bits per heavy atom. The lowest BCUT2D eigenvalue weighted by molar-refractivity contribution is 0.631. The standard InChI is InChI=1S/C17H15FN2S/c1-11-16(14-4-2-3-5-15(14)18)20-17(21-11)13-8-6-12(10-19)7-9-13/h2-9H,10,19H2,1H3. The summed E-state index contributed by atoms with van der Waals surface area (Å²) in [5.41, 5.74) is 8.99. The van der Waals surface area contributed by atoms with Gasteiger partial charge in [0.25, 0.3) is 0 Å². The SMILES string of the molecule is Cc1sc(-c2ccc(CN)cc2)nc1-c1ccccc1F. The topological polar surface area (TPSA) is 38.9 Å². The molecule has 4 heteroatoms. The molecule has 0 spiro atoms. The van der Waals surface area contributed by atoms with E-state index >= 15 is 0 Å². The van der Waals surface area contributed by atoms with Gasteiger partial charge in [-0.3, -0.25) is 0 Å². The normalized spacial score (nSPS) is 10.8. The summed E-state index contributed by atoms with van der Waals surface area (Å²) >= 11 is 1.58. The molecule has 0 unspecified atom stereocenters. The van der Waals surface area contributed by atoms with E-state index in [-0.39, 0.29) is 5.82 Å². The van der Waals surface area contributed by atoms with Gasteiger partial charge >= 0.3 is 0 Å². The first-order valence-electron chi connectivity index (χ1n) is 6.70. The smallest absolute Gasteiger partial charge is 0.132 e. The summed E-state index contributed by atoms with van der Waals surface area (Å²) in [5.74, 6) is -0.240. The Morgan fingerprint density at radius 1 is 1.10 bits per heavy atom. The van der Waals surface area contributed by atoms with Crippen LogP contribution >= 0.6 is 11.3 Å². The molecular formula is C17H15FN2S. The summed E-state index contributed by atoms with van der Waals surface area (Å²) in [6, 6.07) is 14.7. The highest BCUT2D eigenvalue weighted by molar-refractivity contribution is 7.15. The number of hydrogen-bond acceptors (Lipinski definition) is 3. The first kappa shape index (κ1) is 13.9. The molecule has 0 amide bonds. The van der Waals surface area contributed by atoms with Crippen LogP contribution in [0.5, 0.6) is 0 Å². The molecule has 0 saturated heterocycles. The Labute approximate surface area is 127 Å². The highest BCUT2D eigenvalue weighted by Crippen LogP contribution is 2.34. The van der Waals surface area contributed by atoms with Gasteiger partial charge in [-0.05, 0) is 24.6 Å². The molecule has 2 nitrogen and oxygen atoms in total. The molecule has 21 heavy (non-hydrogen) atoms. The minimum absolute atomic E-state index is 0.240. The molecule has 0 aliphatic carbocycles.